The van der Waals surface area contributed by atoms with E-state index < -0.39 is 13.9 Å². The molecule has 8 heteroatoms. The van der Waals surface area contributed by atoms with E-state index in [-0.39, 0.29) is 19.8 Å². The van der Waals surface area contributed by atoms with E-state index in [4.69, 9.17) is 13.8 Å². The summed E-state index contributed by atoms with van der Waals surface area (Å²) in [5.41, 5.74) is 8.89. The van der Waals surface area contributed by atoms with Gasteiger partial charge in [-0.3, -0.25) is 8.68 Å². The molecule has 4 aromatic carbocycles. The Morgan fingerprint density at radius 2 is 1.35 bits per heavy atom. The van der Waals surface area contributed by atoms with Gasteiger partial charge in [-0.2, -0.15) is 0 Å². The zero-order valence-corrected chi connectivity index (χ0v) is 33.8. The van der Waals surface area contributed by atoms with Crippen molar-refractivity contribution in [1.82, 2.24) is 13.8 Å². The van der Waals surface area contributed by atoms with Crippen LogP contribution in [0.2, 0.25) is 0 Å². The SMILES string of the molecule is CCc1cn(POc2cc(C(C)(C)C)cc3c2Oc2c(OP(NC)n4cc(C)c5ccccc54)cc(C(C)(C)C)cc2C3(C)C)c2ccccc12. The number of hydrogen-bond acceptors (Lipinski definition) is 4. The average Bonchev–Trinajstić information content (AvgIpc) is 3.62. The molecule has 0 amide bonds. The van der Waals surface area contributed by atoms with Gasteiger partial charge in [0.25, 0.3) is 8.45 Å². The fourth-order valence-corrected chi connectivity index (χ4v) is 9.29. The minimum Gasteiger partial charge on any atom is -0.451 e. The molecule has 0 spiro atoms. The number of rotatable bonds is 8. The van der Waals surface area contributed by atoms with Crippen LogP contribution in [0.4, 0.5) is 0 Å². The standard InChI is InChI=1S/C43H51N3O3P2/c1-12-28-26-45(35-19-15-14-18-32(28)35)50-48-37-23-29(41(3,4)5)21-33-39(37)47-40-34(43(33,9)10)22-30(42(6,7)8)24-38(40)49-51(44-11)46-25-27(2)31-17-13-16-20-36(31)46/h13-26,44,50H,12H2,1-11H3. The molecule has 0 saturated carbocycles. The maximum Gasteiger partial charge on any atom is 0.280 e. The van der Waals surface area contributed by atoms with Gasteiger partial charge in [-0.1, -0.05) is 111 Å². The molecule has 2 unspecified atom stereocenters. The number of aromatic nitrogens is 2. The molecule has 6 aromatic rings. The summed E-state index contributed by atoms with van der Waals surface area (Å²) in [5, 5.41) is 5.99. The molecule has 0 bridgehead atoms. The summed E-state index contributed by atoms with van der Waals surface area (Å²) in [5.74, 6) is 2.97. The molecular weight excluding hydrogens is 668 g/mol. The number of para-hydroxylation sites is 2. The molecule has 51 heavy (non-hydrogen) atoms. The highest BCUT2D eigenvalue weighted by atomic mass is 31.2. The van der Waals surface area contributed by atoms with Gasteiger partial charge in [0.15, 0.2) is 32.0 Å². The van der Waals surface area contributed by atoms with Gasteiger partial charge in [-0.15, -0.1) is 0 Å². The van der Waals surface area contributed by atoms with Crippen LogP contribution in [0.3, 0.4) is 0 Å². The number of fused-ring (bicyclic) bond motifs is 4. The summed E-state index contributed by atoms with van der Waals surface area (Å²) in [6.07, 6.45) is 5.38. The Bertz CT molecular complexity index is 2270. The molecule has 1 N–H and O–H groups in total. The molecule has 1 aliphatic heterocycles. The topological polar surface area (TPSA) is 49.6 Å². The minimum absolute atomic E-state index is 0.0485. The molecular formula is C43H51N3O3P2. The van der Waals surface area contributed by atoms with Gasteiger partial charge in [0.1, 0.15) is 0 Å². The van der Waals surface area contributed by atoms with Crippen molar-refractivity contribution in [3.8, 4) is 23.0 Å². The lowest BCUT2D eigenvalue weighted by atomic mass is 9.72. The maximum absolute atomic E-state index is 7.11. The summed E-state index contributed by atoms with van der Waals surface area (Å²) < 4.78 is 25.5. The lowest BCUT2D eigenvalue weighted by Crippen LogP contribution is -2.27. The third-order valence-corrected chi connectivity index (χ3v) is 12.6. The minimum atomic E-state index is -1.30. The van der Waals surface area contributed by atoms with Crippen molar-refractivity contribution in [3.63, 3.8) is 0 Å². The second-order valence-electron chi connectivity index (χ2n) is 16.3. The Labute approximate surface area is 306 Å². The van der Waals surface area contributed by atoms with Crippen molar-refractivity contribution < 1.29 is 13.8 Å². The first kappa shape index (κ1) is 35.6. The third-order valence-electron chi connectivity index (χ3n) is 10.3. The van der Waals surface area contributed by atoms with Gasteiger partial charge < -0.3 is 13.8 Å². The number of nitrogens with one attached hydrogen (secondary N) is 1. The van der Waals surface area contributed by atoms with Crippen LogP contribution in [-0.2, 0) is 22.7 Å². The van der Waals surface area contributed by atoms with Crippen LogP contribution in [0.1, 0.15) is 95.7 Å². The average molecular weight is 720 g/mol. The fourth-order valence-electron chi connectivity index (χ4n) is 7.08. The van der Waals surface area contributed by atoms with Crippen LogP contribution in [0, 0.1) is 6.92 Å². The Balaban J connectivity index is 1.37. The van der Waals surface area contributed by atoms with Gasteiger partial charge in [0, 0.05) is 39.7 Å². The van der Waals surface area contributed by atoms with Crippen LogP contribution in [0.5, 0.6) is 23.0 Å². The van der Waals surface area contributed by atoms with Crippen molar-refractivity contribution in [3.05, 3.63) is 119 Å². The Morgan fingerprint density at radius 1 is 0.784 bits per heavy atom. The molecule has 266 valence electrons. The van der Waals surface area contributed by atoms with Crippen molar-refractivity contribution in [2.45, 2.75) is 91.9 Å². The summed E-state index contributed by atoms with van der Waals surface area (Å²) in [4.78, 5) is 0. The number of aryl methyl sites for hydroxylation is 2. The zero-order chi connectivity index (χ0) is 36.5. The number of benzene rings is 4. The van der Waals surface area contributed by atoms with Crippen LogP contribution >= 0.6 is 17.4 Å². The van der Waals surface area contributed by atoms with Crippen LogP contribution in [-0.4, -0.2) is 15.7 Å². The first-order valence-corrected chi connectivity index (χ1v) is 20.0. The maximum atomic E-state index is 7.11. The van der Waals surface area contributed by atoms with E-state index in [1.54, 1.807) is 0 Å². The van der Waals surface area contributed by atoms with E-state index in [0.717, 1.165) is 46.1 Å². The molecule has 0 aliphatic carbocycles. The van der Waals surface area contributed by atoms with E-state index in [0.29, 0.717) is 0 Å². The fraction of sp³-hybridized carbons (Fsp3) is 0.349. The monoisotopic (exact) mass is 719 g/mol. The molecule has 2 aromatic heterocycles. The molecule has 7 rings (SSSR count). The van der Waals surface area contributed by atoms with Crippen molar-refractivity contribution in [2.75, 3.05) is 7.05 Å². The number of nitrogens with zero attached hydrogens (tertiary/aromatic N) is 2. The summed E-state index contributed by atoms with van der Waals surface area (Å²) in [6, 6.07) is 26.1. The predicted octanol–water partition coefficient (Wildman–Crippen LogP) is 12.3. The second-order valence-corrected chi connectivity index (χ2v) is 18.8. The molecule has 1 aliphatic rings. The van der Waals surface area contributed by atoms with Gasteiger partial charge in [0.2, 0.25) is 0 Å². The molecule has 3 heterocycles. The largest absolute Gasteiger partial charge is 0.451 e. The molecule has 0 saturated heterocycles. The number of hydrogen-bond donors (Lipinski definition) is 1. The highest BCUT2D eigenvalue weighted by Crippen LogP contribution is 2.58. The lowest BCUT2D eigenvalue weighted by Gasteiger charge is -2.38. The highest BCUT2D eigenvalue weighted by molar-refractivity contribution is 7.49. The first-order chi connectivity index (χ1) is 24.1. The van der Waals surface area contributed by atoms with Gasteiger partial charge in [0.05, 0.1) is 11.0 Å². The van der Waals surface area contributed by atoms with E-state index in [1.807, 2.05) is 7.05 Å². The molecule has 0 radical (unpaired) electrons. The van der Waals surface area contributed by atoms with E-state index >= 15 is 0 Å². The van der Waals surface area contributed by atoms with E-state index in [9.17, 15) is 0 Å². The Kier molecular flexibility index (Phi) is 9.06. The van der Waals surface area contributed by atoms with Crippen LogP contribution in [0.15, 0.2) is 85.2 Å². The highest BCUT2D eigenvalue weighted by Gasteiger charge is 2.41. The quantitative estimate of drug-likeness (QED) is 0.159. The van der Waals surface area contributed by atoms with Crippen molar-refractivity contribution >= 4 is 39.2 Å². The van der Waals surface area contributed by atoms with Gasteiger partial charge in [-0.25, -0.2) is 5.09 Å². The third kappa shape index (κ3) is 6.35. The van der Waals surface area contributed by atoms with Crippen molar-refractivity contribution in [2.24, 2.45) is 0 Å². The van der Waals surface area contributed by atoms with Crippen molar-refractivity contribution in [1.29, 1.82) is 0 Å². The smallest absolute Gasteiger partial charge is 0.280 e. The summed E-state index contributed by atoms with van der Waals surface area (Å²) in [6.45, 7) is 22.5. The van der Waals surface area contributed by atoms with E-state index in [2.05, 4.69) is 168 Å². The molecule has 2 atom stereocenters. The molecule has 0 fully saturated rings. The van der Waals surface area contributed by atoms with E-state index in [1.165, 1.54) is 38.5 Å². The Hall–Kier alpha value is -3.82. The summed E-state index contributed by atoms with van der Waals surface area (Å²) >= 11 is 0. The normalized spacial score (nSPS) is 14.9. The molecule has 6 nitrogen and oxygen atoms in total. The van der Waals surface area contributed by atoms with Crippen LogP contribution < -0.4 is 18.9 Å². The van der Waals surface area contributed by atoms with Gasteiger partial charge in [-0.05, 0) is 77.7 Å². The first-order valence-electron chi connectivity index (χ1n) is 17.9. The second kappa shape index (κ2) is 13.0. The number of ether oxygens (including phenoxy) is 1. The van der Waals surface area contributed by atoms with Gasteiger partial charge >= 0.3 is 0 Å². The lowest BCUT2D eigenvalue weighted by molar-refractivity contribution is 0.383. The summed E-state index contributed by atoms with van der Waals surface area (Å²) in [7, 11) is 0.714. The zero-order valence-electron chi connectivity index (χ0n) is 31.9. The predicted molar refractivity (Wildman–Crippen MR) is 217 cm³/mol. The van der Waals surface area contributed by atoms with Crippen LogP contribution in [0.25, 0.3) is 21.8 Å². The Morgan fingerprint density at radius 3 is 1.96 bits per heavy atom.